The molecule has 3 rings (SSSR count). The summed E-state index contributed by atoms with van der Waals surface area (Å²) >= 11 is 0. The highest BCUT2D eigenvalue weighted by atomic mass is 15.2. The van der Waals surface area contributed by atoms with Crippen LogP contribution in [0.2, 0.25) is 0 Å². The summed E-state index contributed by atoms with van der Waals surface area (Å²) in [6.07, 6.45) is 1.88. The van der Waals surface area contributed by atoms with Gasteiger partial charge in [0.05, 0.1) is 18.6 Å². The van der Waals surface area contributed by atoms with E-state index in [1.807, 2.05) is 24.5 Å². The molecule has 1 aromatic carbocycles. The molecule has 86 valence electrons. The highest BCUT2D eigenvalue weighted by Crippen LogP contribution is 2.24. The lowest BCUT2D eigenvalue weighted by Crippen LogP contribution is -2.17. The maximum atomic E-state index is 5.60. The zero-order chi connectivity index (χ0) is 11.7. The van der Waals surface area contributed by atoms with Gasteiger partial charge in [-0.15, -0.1) is 0 Å². The van der Waals surface area contributed by atoms with Gasteiger partial charge in [-0.25, -0.2) is 0 Å². The van der Waals surface area contributed by atoms with Crippen molar-refractivity contribution in [2.45, 2.75) is 0 Å². The predicted octanol–water partition coefficient (Wildman–Crippen LogP) is 1.51. The number of anilines is 2. The number of H-pyrrole nitrogens is 1. The van der Waals surface area contributed by atoms with E-state index < -0.39 is 0 Å². The summed E-state index contributed by atoms with van der Waals surface area (Å²) in [6, 6.07) is 10.1. The van der Waals surface area contributed by atoms with Gasteiger partial charge in [0.2, 0.25) is 0 Å². The van der Waals surface area contributed by atoms with Crippen LogP contribution in [-0.2, 0) is 0 Å². The van der Waals surface area contributed by atoms with Crippen molar-refractivity contribution in [1.29, 1.82) is 0 Å². The average Bonchev–Trinajstić information content (AvgIpc) is 3.00. The number of nitrogen functional groups attached to an aromatic ring is 1. The van der Waals surface area contributed by atoms with Crippen LogP contribution in [0.5, 0.6) is 0 Å². The molecule has 0 unspecified atom stereocenters. The van der Waals surface area contributed by atoms with Gasteiger partial charge in [0.25, 0.3) is 0 Å². The first-order chi connectivity index (χ1) is 8.33. The first-order valence-electron chi connectivity index (χ1n) is 5.51. The number of nitrogens with one attached hydrogen (secondary N) is 1. The quantitative estimate of drug-likeness (QED) is 0.817. The van der Waals surface area contributed by atoms with Crippen molar-refractivity contribution >= 4 is 17.8 Å². The SMILES string of the molecule is Nc1cc(-c2cccc(N3C=NCC3)c2)[nH]n1. The normalized spacial score (nSPS) is 14.5. The van der Waals surface area contributed by atoms with Gasteiger partial charge in [0.15, 0.2) is 0 Å². The van der Waals surface area contributed by atoms with E-state index in [1.54, 1.807) is 0 Å². The Hall–Kier alpha value is -2.30. The van der Waals surface area contributed by atoms with Gasteiger partial charge in [-0.05, 0) is 12.1 Å². The first kappa shape index (κ1) is 9.89. The highest BCUT2D eigenvalue weighted by molar-refractivity contribution is 5.82. The van der Waals surface area contributed by atoms with Gasteiger partial charge in [0.1, 0.15) is 5.82 Å². The molecule has 1 aliphatic rings. The molecule has 0 atom stereocenters. The molecule has 2 aromatic rings. The summed E-state index contributed by atoms with van der Waals surface area (Å²) in [5, 5.41) is 6.85. The van der Waals surface area contributed by atoms with Crippen LogP contribution in [0.1, 0.15) is 0 Å². The number of rotatable bonds is 2. The molecular formula is C12H13N5. The first-order valence-corrected chi connectivity index (χ1v) is 5.51. The maximum absolute atomic E-state index is 5.60. The highest BCUT2D eigenvalue weighted by Gasteiger charge is 2.09. The summed E-state index contributed by atoms with van der Waals surface area (Å²) in [5.41, 5.74) is 8.75. The third kappa shape index (κ3) is 1.87. The van der Waals surface area contributed by atoms with Crippen molar-refractivity contribution in [3.8, 4) is 11.3 Å². The molecule has 0 radical (unpaired) electrons. The van der Waals surface area contributed by atoms with Crippen LogP contribution in [0.15, 0.2) is 35.3 Å². The maximum Gasteiger partial charge on any atom is 0.145 e. The van der Waals surface area contributed by atoms with Crippen LogP contribution < -0.4 is 10.6 Å². The van der Waals surface area contributed by atoms with Gasteiger partial charge in [-0.3, -0.25) is 10.1 Å². The Morgan fingerprint density at radius 1 is 1.29 bits per heavy atom. The molecule has 1 aliphatic heterocycles. The van der Waals surface area contributed by atoms with Gasteiger partial charge in [-0.2, -0.15) is 5.10 Å². The lowest BCUT2D eigenvalue weighted by atomic mass is 10.1. The lowest BCUT2D eigenvalue weighted by molar-refractivity contribution is 1.02. The number of aromatic amines is 1. The molecule has 0 amide bonds. The van der Waals surface area contributed by atoms with Gasteiger partial charge < -0.3 is 10.6 Å². The molecule has 0 aliphatic carbocycles. The molecule has 2 heterocycles. The minimum absolute atomic E-state index is 0.508. The second kappa shape index (κ2) is 3.93. The van der Waals surface area contributed by atoms with E-state index >= 15 is 0 Å². The van der Waals surface area contributed by atoms with E-state index in [2.05, 4.69) is 32.2 Å². The molecular weight excluding hydrogens is 214 g/mol. The van der Waals surface area contributed by atoms with Crippen LogP contribution in [0.4, 0.5) is 11.5 Å². The van der Waals surface area contributed by atoms with Crippen molar-refractivity contribution in [3.63, 3.8) is 0 Å². The molecule has 5 heteroatoms. The summed E-state index contributed by atoms with van der Waals surface area (Å²) in [5.74, 6) is 0.508. The smallest absolute Gasteiger partial charge is 0.145 e. The fourth-order valence-electron chi connectivity index (χ4n) is 1.91. The van der Waals surface area contributed by atoms with Crippen LogP contribution in [0.25, 0.3) is 11.3 Å². The standard InChI is InChI=1S/C12H13N5/c13-12-7-11(15-16-12)9-2-1-3-10(6-9)17-5-4-14-8-17/h1-3,6-8H,4-5H2,(H3,13,15,16). The minimum atomic E-state index is 0.508. The van der Waals surface area contributed by atoms with E-state index in [4.69, 9.17) is 5.73 Å². The Kier molecular flexibility index (Phi) is 2.29. The number of nitrogens with zero attached hydrogens (tertiary/aromatic N) is 3. The number of aromatic nitrogens is 2. The zero-order valence-electron chi connectivity index (χ0n) is 9.30. The number of nitrogens with two attached hydrogens (primary N) is 1. The second-order valence-electron chi connectivity index (χ2n) is 3.97. The third-order valence-corrected chi connectivity index (χ3v) is 2.78. The predicted molar refractivity (Wildman–Crippen MR) is 69.1 cm³/mol. The van der Waals surface area contributed by atoms with Crippen LogP contribution >= 0.6 is 0 Å². The Balaban J connectivity index is 1.96. The van der Waals surface area contributed by atoms with Gasteiger partial charge in [-0.1, -0.05) is 12.1 Å². The molecule has 3 N–H and O–H groups in total. The molecule has 0 saturated carbocycles. The Morgan fingerprint density at radius 2 is 2.24 bits per heavy atom. The van der Waals surface area contributed by atoms with E-state index in [1.165, 1.54) is 0 Å². The lowest BCUT2D eigenvalue weighted by Gasteiger charge is -2.14. The van der Waals surface area contributed by atoms with Crippen molar-refractivity contribution in [3.05, 3.63) is 30.3 Å². The molecule has 17 heavy (non-hydrogen) atoms. The zero-order valence-corrected chi connectivity index (χ0v) is 9.30. The van der Waals surface area contributed by atoms with Crippen molar-refractivity contribution in [1.82, 2.24) is 10.2 Å². The van der Waals surface area contributed by atoms with Crippen molar-refractivity contribution in [2.75, 3.05) is 23.7 Å². The molecule has 0 spiro atoms. The number of hydrogen-bond acceptors (Lipinski definition) is 4. The van der Waals surface area contributed by atoms with Crippen LogP contribution in [0, 0.1) is 0 Å². The monoisotopic (exact) mass is 227 g/mol. The summed E-state index contributed by atoms with van der Waals surface area (Å²) < 4.78 is 0. The van der Waals surface area contributed by atoms with Gasteiger partial charge >= 0.3 is 0 Å². The molecule has 0 bridgehead atoms. The van der Waals surface area contributed by atoms with Crippen LogP contribution in [-0.4, -0.2) is 29.6 Å². The van der Waals surface area contributed by atoms with E-state index in [9.17, 15) is 0 Å². The number of hydrogen-bond donors (Lipinski definition) is 2. The third-order valence-electron chi connectivity index (χ3n) is 2.78. The topological polar surface area (TPSA) is 70.3 Å². The van der Waals surface area contributed by atoms with E-state index in [-0.39, 0.29) is 0 Å². The van der Waals surface area contributed by atoms with E-state index in [0.717, 1.165) is 30.0 Å². The summed E-state index contributed by atoms with van der Waals surface area (Å²) in [6.45, 7) is 1.80. The second-order valence-corrected chi connectivity index (χ2v) is 3.97. The Labute approximate surface area is 99.0 Å². The number of aliphatic imine (C=N–C) groups is 1. The number of benzene rings is 1. The molecule has 0 fully saturated rings. The Bertz CT molecular complexity index is 558. The summed E-state index contributed by atoms with van der Waals surface area (Å²) in [4.78, 5) is 6.34. The average molecular weight is 227 g/mol. The fourth-order valence-corrected chi connectivity index (χ4v) is 1.91. The fraction of sp³-hybridized carbons (Fsp3) is 0.167. The Morgan fingerprint density at radius 3 is 2.94 bits per heavy atom. The largest absolute Gasteiger partial charge is 0.382 e. The molecule has 1 aromatic heterocycles. The van der Waals surface area contributed by atoms with Crippen LogP contribution in [0.3, 0.4) is 0 Å². The van der Waals surface area contributed by atoms with Gasteiger partial charge in [0, 0.05) is 23.9 Å². The molecule has 5 nitrogen and oxygen atoms in total. The van der Waals surface area contributed by atoms with Crippen molar-refractivity contribution < 1.29 is 0 Å². The van der Waals surface area contributed by atoms with E-state index in [0.29, 0.717) is 5.82 Å². The summed E-state index contributed by atoms with van der Waals surface area (Å²) in [7, 11) is 0. The molecule has 0 saturated heterocycles. The minimum Gasteiger partial charge on any atom is -0.382 e. The van der Waals surface area contributed by atoms with Crippen molar-refractivity contribution in [2.24, 2.45) is 4.99 Å².